The Balaban J connectivity index is 2.28. The second-order valence-electron chi connectivity index (χ2n) is 2.46. The molecule has 8 heavy (non-hydrogen) atoms. The van der Waals surface area contributed by atoms with Crippen molar-refractivity contribution < 1.29 is 5.02 Å². The maximum atomic E-state index is 9.10. The van der Waals surface area contributed by atoms with Crippen molar-refractivity contribution >= 4 is 7.05 Å². The van der Waals surface area contributed by atoms with Gasteiger partial charge >= 0.3 is 7.05 Å². The third kappa shape index (κ3) is 1.23. The predicted octanol–water partition coefficient (Wildman–Crippen LogP) is 0.192. The van der Waals surface area contributed by atoms with Crippen molar-refractivity contribution in [3.63, 3.8) is 0 Å². The van der Waals surface area contributed by atoms with E-state index >= 15 is 0 Å². The SMILES string of the molecule is CN1CCCCB1O. The third-order valence-electron chi connectivity index (χ3n) is 1.73. The maximum Gasteiger partial charge on any atom is 0.379 e. The van der Waals surface area contributed by atoms with E-state index in [-0.39, 0.29) is 7.05 Å². The van der Waals surface area contributed by atoms with Gasteiger partial charge in [-0.3, -0.25) is 0 Å². The molecule has 2 nitrogen and oxygen atoms in total. The first-order valence-corrected chi connectivity index (χ1v) is 3.19. The van der Waals surface area contributed by atoms with Crippen LogP contribution in [0.15, 0.2) is 0 Å². The van der Waals surface area contributed by atoms with Crippen LogP contribution in [0.25, 0.3) is 0 Å². The summed E-state index contributed by atoms with van der Waals surface area (Å²) in [6.45, 7) is 1.06. The van der Waals surface area contributed by atoms with Crippen molar-refractivity contribution in [2.45, 2.75) is 19.2 Å². The molecule has 0 aliphatic carbocycles. The number of nitrogens with zero attached hydrogens (tertiary/aromatic N) is 1. The maximum absolute atomic E-state index is 9.10. The highest BCUT2D eigenvalue weighted by molar-refractivity contribution is 6.47. The van der Waals surface area contributed by atoms with Gasteiger partial charge in [0.05, 0.1) is 0 Å². The minimum Gasteiger partial charge on any atom is -0.437 e. The summed E-state index contributed by atoms with van der Waals surface area (Å²) < 4.78 is 0. The highest BCUT2D eigenvalue weighted by Gasteiger charge is 2.20. The Morgan fingerprint density at radius 3 is 2.62 bits per heavy atom. The molecule has 0 radical (unpaired) electrons. The lowest BCUT2D eigenvalue weighted by molar-refractivity contribution is 0.374. The zero-order chi connectivity index (χ0) is 5.98. The van der Waals surface area contributed by atoms with Gasteiger partial charge in [-0.1, -0.05) is 6.42 Å². The van der Waals surface area contributed by atoms with E-state index in [0.717, 1.165) is 12.9 Å². The number of hydrogen-bond acceptors (Lipinski definition) is 2. The molecule has 0 saturated carbocycles. The zero-order valence-corrected chi connectivity index (χ0v) is 5.30. The van der Waals surface area contributed by atoms with Crippen LogP contribution in [0.5, 0.6) is 0 Å². The standard InChI is InChI=1S/C5H12BNO/c1-7-5-3-2-4-6(7)8/h8H,2-5H2,1H3. The Labute approximate surface area is 50.6 Å². The second-order valence-corrected chi connectivity index (χ2v) is 2.46. The molecular weight excluding hydrogens is 101 g/mol. The summed E-state index contributed by atoms with van der Waals surface area (Å²) in [7, 11) is 1.80. The van der Waals surface area contributed by atoms with E-state index < -0.39 is 0 Å². The Morgan fingerprint density at radius 1 is 1.50 bits per heavy atom. The van der Waals surface area contributed by atoms with Crippen LogP contribution in [0.2, 0.25) is 6.32 Å². The molecule has 0 amide bonds. The molecule has 1 N–H and O–H groups in total. The minimum atomic E-state index is -0.163. The molecule has 0 unspecified atom stereocenters. The van der Waals surface area contributed by atoms with Gasteiger partial charge < -0.3 is 9.83 Å². The van der Waals surface area contributed by atoms with Crippen LogP contribution in [0.4, 0.5) is 0 Å². The first-order chi connectivity index (χ1) is 3.80. The molecule has 1 rings (SSSR count). The molecule has 0 bridgehead atoms. The molecule has 46 valence electrons. The molecule has 3 heteroatoms. The van der Waals surface area contributed by atoms with Gasteiger partial charge in [-0.15, -0.1) is 0 Å². The molecular formula is C5H12BNO. The van der Waals surface area contributed by atoms with Crippen LogP contribution in [-0.2, 0) is 0 Å². The molecule has 0 atom stereocenters. The Morgan fingerprint density at radius 2 is 2.25 bits per heavy atom. The average Bonchev–Trinajstić information content (AvgIpc) is 1.77. The van der Waals surface area contributed by atoms with Crippen LogP contribution >= 0.6 is 0 Å². The lowest BCUT2D eigenvalue weighted by Gasteiger charge is -2.24. The van der Waals surface area contributed by atoms with Gasteiger partial charge in [-0.25, -0.2) is 0 Å². The first-order valence-electron chi connectivity index (χ1n) is 3.19. The molecule has 1 fully saturated rings. The quantitative estimate of drug-likeness (QED) is 0.453. The monoisotopic (exact) mass is 113 g/mol. The van der Waals surface area contributed by atoms with Crippen LogP contribution in [0.3, 0.4) is 0 Å². The van der Waals surface area contributed by atoms with Gasteiger partial charge in [-0.05, 0) is 26.3 Å². The van der Waals surface area contributed by atoms with E-state index in [1.807, 2.05) is 11.9 Å². The van der Waals surface area contributed by atoms with Gasteiger partial charge in [0.15, 0.2) is 0 Å². The van der Waals surface area contributed by atoms with Crippen LogP contribution < -0.4 is 0 Å². The Hall–Kier alpha value is -0.0151. The van der Waals surface area contributed by atoms with Crippen molar-refractivity contribution in [2.75, 3.05) is 13.6 Å². The van der Waals surface area contributed by atoms with Gasteiger partial charge in [0.25, 0.3) is 0 Å². The van der Waals surface area contributed by atoms with Crippen molar-refractivity contribution in [3.05, 3.63) is 0 Å². The minimum absolute atomic E-state index is 0.163. The van der Waals surface area contributed by atoms with E-state index in [1.165, 1.54) is 12.8 Å². The van der Waals surface area contributed by atoms with E-state index in [0.29, 0.717) is 0 Å². The summed E-state index contributed by atoms with van der Waals surface area (Å²) in [5.41, 5.74) is 0. The summed E-state index contributed by atoms with van der Waals surface area (Å²) in [5, 5.41) is 9.10. The molecule has 1 aliphatic heterocycles. The highest BCUT2D eigenvalue weighted by atomic mass is 16.2. The van der Waals surface area contributed by atoms with Gasteiger partial charge in [0.2, 0.25) is 0 Å². The number of rotatable bonds is 0. The Bertz CT molecular complexity index is 68.8. The van der Waals surface area contributed by atoms with Gasteiger partial charge in [0.1, 0.15) is 0 Å². The molecule has 0 aromatic heterocycles. The fourth-order valence-corrected chi connectivity index (χ4v) is 1.06. The topological polar surface area (TPSA) is 23.5 Å². The van der Waals surface area contributed by atoms with Crippen molar-refractivity contribution in [1.82, 2.24) is 4.81 Å². The summed E-state index contributed by atoms with van der Waals surface area (Å²) in [4.78, 5) is 1.99. The highest BCUT2D eigenvalue weighted by Crippen LogP contribution is 2.09. The predicted molar refractivity (Wildman–Crippen MR) is 34.6 cm³/mol. The van der Waals surface area contributed by atoms with Crippen molar-refractivity contribution in [1.29, 1.82) is 0 Å². The Kier molecular flexibility index (Phi) is 1.92. The van der Waals surface area contributed by atoms with Crippen LogP contribution in [0, 0.1) is 0 Å². The fraction of sp³-hybridized carbons (Fsp3) is 1.00. The second kappa shape index (κ2) is 2.51. The van der Waals surface area contributed by atoms with Crippen LogP contribution in [-0.4, -0.2) is 30.5 Å². The molecule has 0 aromatic rings. The third-order valence-corrected chi connectivity index (χ3v) is 1.73. The van der Waals surface area contributed by atoms with E-state index in [1.54, 1.807) is 0 Å². The van der Waals surface area contributed by atoms with Crippen molar-refractivity contribution in [2.24, 2.45) is 0 Å². The van der Waals surface area contributed by atoms with Gasteiger partial charge in [-0.2, -0.15) is 0 Å². The van der Waals surface area contributed by atoms with Crippen molar-refractivity contribution in [3.8, 4) is 0 Å². The molecule has 1 aliphatic rings. The zero-order valence-electron chi connectivity index (χ0n) is 5.30. The molecule has 0 aromatic carbocycles. The number of hydrogen-bond donors (Lipinski definition) is 1. The largest absolute Gasteiger partial charge is 0.437 e. The summed E-state index contributed by atoms with van der Waals surface area (Å²) in [6.07, 6.45) is 3.38. The van der Waals surface area contributed by atoms with Gasteiger partial charge in [0, 0.05) is 0 Å². The summed E-state index contributed by atoms with van der Waals surface area (Å²) in [5.74, 6) is 0. The lowest BCUT2D eigenvalue weighted by atomic mass is 9.72. The smallest absolute Gasteiger partial charge is 0.379 e. The molecule has 1 saturated heterocycles. The first kappa shape index (κ1) is 6.11. The summed E-state index contributed by atoms with van der Waals surface area (Å²) in [6, 6.07) is 0. The lowest BCUT2D eigenvalue weighted by Crippen LogP contribution is -2.39. The molecule has 1 heterocycles. The van der Waals surface area contributed by atoms with E-state index in [9.17, 15) is 0 Å². The average molecular weight is 113 g/mol. The van der Waals surface area contributed by atoms with Crippen LogP contribution in [0.1, 0.15) is 12.8 Å². The molecule has 0 spiro atoms. The summed E-state index contributed by atoms with van der Waals surface area (Å²) >= 11 is 0. The normalized spacial score (nSPS) is 24.0. The fourth-order valence-electron chi connectivity index (χ4n) is 1.06. The van der Waals surface area contributed by atoms with E-state index in [4.69, 9.17) is 5.02 Å². The van der Waals surface area contributed by atoms with E-state index in [2.05, 4.69) is 0 Å².